The van der Waals surface area contributed by atoms with Crippen LogP contribution in [0.25, 0.3) is 0 Å². The number of unbranched alkanes of at least 4 members (excludes halogenated alkanes) is 1. The van der Waals surface area contributed by atoms with Gasteiger partial charge in [-0.3, -0.25) is 4.79 Å². The number of anilines is 1. The van der Waals surface area contributed by atoms with E-state index in [1.807, 2.05) is 35.2 Å². The average Bonchev–Trinajstić information content (AvgIpc) is 2.52. The number of nitrogens with zero attached hydrogens (tertiary/aromatic N) is 1. The molecule has 0 bridgehead atoms. The van der Waals surface area contributed by atoms with Crippen molar-refractivity contribution in [3.8, 4) is 0 Å². The molecule has 4 heteroatoms. The Morgan fingerprint density at radius 3 is 2.65 bits per heavy atom. The Kier molecular flexibility index (Phi) is 5.62. The highest BCUT2D eigenvalue weighted by Gasteiger charge is 2.18. The number of benzene rings is 1. The smallest absolute Gasteiger partial charge is 0.254 e. The second-order valence-electron chi connectivity index (χ2n) is 4.84. The summed E-state index contributed by atoms with van der Waals surface area (Å²) in [7, 11) is 0. The maximum atomic E-state index is 12.2. The first-order chi connectivity index (χ1) is 9.81. The van der Waals surface area contributed by atoms with Crippen LogP contribution < -0.4 is 5.32 Å². The third-order valence-corrected chi connectivity index (χ3v) is 3.34. The van der Waals surface area contributed by atoms with Gasteiger partial charge >= 0.3 is 0 Å². The number of carbonyl (C=O) groups is 1. The molecule has 1 heterocycles. The van der Waals surface area contributed by atoms with Crippen molar-refractivity contribution in [2.45, 2.75) is 12.8 Å². The molecule has 1 N–H and O–H groups in total. The van der Waals surface area contributed by atoms with Gasteiger partial charge in [0.15, 0.2) is 0 Å². The Bertz CT molecular complexity index is 436. The normalized spacial score (nSPS) is 14.9. The number of allylic oxidation sites excluding steroid dienone is 1. The first kappa shape index (κ1) is 14.6. The molecular formula is C16H22N2O2. The van der Waals surface area contributed by atoms with Gasteiger partial charge in [-0.15, -0.1) is 6.58 Å². The first-order valence-corrected chi connectivity index (χ1v) is 7.13. The molecular weight excluding hydrogens is 252 g/mol. The van der Waals surface area contributed by atoms with Crippen molar-refractivity contribution < 1.29 is 9.53 Å². The van der Waals surface area contributed by atoms with Crippen LogP contribution in [0.2, 0.25) is 0 Å². The molecule has 1 saturated heterocycles. The predicted molar refractivity (Wildman–Crippen MR) is 81.1 cm³/mol. The fourth-order valence-electron chi connectivity index (χ4n) is 2.16. The van der Waals surface area contributed by atoms with Crippen molar-refractivity contribution in [3.63, 3.8) is 0 Å². The average molecular weight is 274 g/mol. The van der Waals surface area contributed by atoms with Crippen molar-refractivity contribution in [1.82, 2.24) is 4.90 Å². The molecule has 108 valence electrons. The number of rotatable bonds is 6. The largest absolute Gasteiger partial charge is 0.385 e. The molecule has 1 aromatic rings. The maximum Gasteiger partial charge on any atom is 0.254 e. The summed E-state index contributed by atoms with van der Waals surface area (Å²) >= 11 is 0. The van der Waals surface area contributed by atoms with Gasteiger partial charge in [-0.2, -0.15) is 0 Å². The van der Waals surface area contributed by atoms with Crippen molar-refractivity contribution in [2.75, 3.05) is 38.2 Å². The van der Waals surface area contributed by atoms with Gasteiger partial charge in [-0.25, -0.2) is 0 Å². The van der Waals surface area contributed by atoms with E-state index < -0.39 is 0 Å². The molecule has 1 aromatic carbocycles. The highest BCUT2D eigenvalue weighted by atomic mass is 16.5. The molecule has 0 saturated carbocycles. The third kappa shape index (κ3) is 4.10. The number of ether oxygens (including phenoxy) is 1. The molecule has 0 unspecified atom stereocenters. The molecule has 0 radical (unpaired) electrons. The van der Waals surface area contributed by atoms with Gasteiger partial charge < -0.3 is 15.0 Å². The Balaban J connectivity index is 1.86. The van der Waals surface area contributed by atoms with Crippen LogP contribution in [0.15, 0.2) is 36.9 Å². The zero-order valence-corrected chi connectivity index (χ0v) is 11.8. The van der Waals surface area contributed by atoms with E-state index in [2.05, 4.69) is 11.9 Å². The van der Waals surface area contributed by atoms with Gasteiger partial charge in [-0.05, 0) is 37.1 Å². The molecule has 1 aliphatic rings. The Labute approximate surface area is 120 Å². The van der Waals surface area contributed by atoms with E-state index in [4.69, 9.17) is 4.74 Å². The fraction of sp³-hybridized carbons (Fsp3) is 0.438. The number of nitrogens with one attached hydrogen (secondary N) is 1. The second kappa shape index (κ2) is 7.70. The number of morpholine rings is 1. The van der Waals surface area contributed by atoms with E-state index in [1.165, 1.54) is 0 Å². The maximum absolute atomic E-state index is 12.2. The lowest BCUT2D eigenvalue weighted by Crippen LogP contribution is -2.40. The minimum Gasteiger partial charge on any atom is -0.385 e. The van der Waals surface area contributed by atoms with Crippen molar-refractivity contribution >= 4 is 11.6 Å². The van der Waals surface area contributed by atoms with Crippen LogP contribution in [-0.4, -0.2) is 43.7 Å². The standard InChI is InChI=1S/C16H22N2O2/c1-2-3-4-9-17-15-7-5-14(6-8-15)16(19)18-10-12-20-13-11-18/h2,5-8,17H,1,3-4,9-13H2. The summed E-state index contributed by atoms with van der Waals surface area (Å²) in [5.74, 6) is 0.0894. The van der Waals surface area contributed by atoms with Crippen LogP contribution in [0.3, 0.4) is 0 Å². The molecule has 1 amide bonds. The van der Waals surface area contributed by atoms with Crippen LogP contribution in [0.4, 0.5) is 5.69 Å². The number of amides is 1. The van der Waals surface area contributed by atoms with Gasteiger partial charge in [0.05, 0.1) is 13.2 Å². The van der Waals surface area contributed by atoms with Crippen LogP contribution >= 0.6 is 0 Å². The van der Waals surface area contributed by atoms with E-state index >= 15 is 0 Å². The minimum atomic E-state index is 0.0894. The second-order valence-corrected chi connectivity index (χ2v) is 4.84. The molecule has 4 nitrogen and oxygen atoms in total. The van der Waals surface area contributed by atoms with Gasteiger partial charge in [0.2, 0.25) is 0 Å². The fourth-order valence-corrected chi connectivity index (χ4v) is 2.16. The zero-order valence-electron chi connectivity index (χ0n) is 11.8. The summed E-state index contributed by atoms with van der Waals surface area (Å²) < 4.78 is 5.26. The summed E-state index contributed by atoms with van der Waals surface area (Å²) in [6.45, 7) is 7.25. The number of hydrogen-bond acceptors (Lipinski definition) is 3. The Morgan fingerprint density at radius 2 is 2.00 bits per heavy atom. The van der Waals surface area contributed by atoms with Crippen molar-refractivity contribution in [3.05, 3.63) is 42.5 Å². The molecule has 0 atom stereocenters. The molecule has 0 spiro atoms. The molecule has 2 rings (SSSR count). The Hall–Kier alpha value is -1.81. The van der Waals surface area contributed by atoms with Crippen LogP contribution in [0.5, 0.6) is 0 Å². The van der Waals surface area contributed by atoms with Crippen LogP contribution in [0, 0.1) is 0 Å². The minimum absolute atomic E-state index is 0.0894. The highest BCUT2D eigenvalue weighted by Crippen LogP contribution is 2.12. The number of hydrogen-bond donors (Lipinski definition) is 1. The van der Waals surface area contributed by atoms with E-state index in [9.17, 15) is 4.79 Å². The van der Waals surface area contributed by atoms with E-state index in [-0.39, 0.29) is 5.91 Å². The summed E-state index contributed by atoms with van der Waals surface area (Å²) in [5, 5.41) is 3.33. The van der Waals surface area contributed by atoms with Gasteiger partial charge in [0, 0.05) is 30.9 Å². The predicted octanol–water partition coefficient (Wildman–Crippen LogP) is 2.54. The van der Waals surface area contributed by atoms with Gasteiger partial charge in [0.25, 0.3) is 5.91 Å². The SMILES string of the molecule is C=CCCCNc1ccc(C(=O)N2CCOCC2)cc1. The molecule has 1 aliphatic heterocycles. The lowest BCUT2D eigenvalue weighted by Gasteiger charge is -2.26. The van der Waals surface area contributed by atoms with Crippen LogP contribution in [-0.2, 0) is 4.74 Å². The summed E-state index contributed by atoms with van der Waals surface area (Å²) in [4.78, 5) is 14.1. The molecule has 0 aromatic heterocycles. The zero-order chi connectivity index (χ0) is 14.2. The van der Waals surface area contributed by atoms with E-state index in [0.717, 1.165) is 30.6 Å². The van der Waals surface area contributed by atoms with Crippen LogP contribution in [0.1, 0.15) is 23.2 Å². The van der Waals surface area contributed by atoms with Crippen molar-refractivity contribution in [2.24, 2.45) is 0 Å². The van der Waals surface area contributed by atoms with Gasteiger partial charge in [0.1, 0.15) is 0 Å². The van der Waals surface area contributed by atoms with Gasteiger partial charge in [-0.1, -0.05) is 6.08 Å². The first-order valence-electron chi connectivity index (χ1n) is 7.13. The van der Waals surface area contributed by atoms with Crippen molar-refractivity contribution in [1.29, 1.82) is 0 Å². The number of carbonyl (C=O) groups excluding carboxylic acids is 1. The highest BCUT2D eigenvalue weighted by molar-refractivity contribution is 5.94. The summed E-state index contributed by atoms with van der Waals surface area (Å²) in [5.41, 5.74) is 1.79. The third-order valence-electron chi connectivity index (χ3n) is 3.34. The monoisotopic (exact) mass is 274 g/mol. The molecule has 20 heavy (non-hydrogen) atoms. The lowest BCUT2D eigenvalue weighted by molar-refractivity contribution is 0.0303. The summed E-state index contributed by atoms with van der Waals surface area (Å²) in [6.07, 6.45) is 4.00. The quantitative estimate of drug-likeness (QED) is 0.640. The topological polar surface area (TPSA) is 41.6 Å². The van der Waals surface area contributed by atoms with E-state index in [0.29, 0.717) is 26.3 Å². The van der Waals surface area contributed by atoms with E-state index in [1.54, 1.807) is 0 Å². The summed E-state index contributed by atoms with van der Waals surface area (Å²) in [6, 6.07) is 7.68. The molecule has 0 aliphatic carbocycles. The molecule has 1 fully saturated rings. The Morgan fingerprint density at radius 1 is 1.30 bits per heavy atom. The lowest BCUT2D eigenvalue weighted by atomic mass is 10.1.